The zero-order valence-corrected chi connectivity index (χ0v) is 11.1. The van der Waals surface area contributed by atoms with E-state index in [0.29, 0.717) is 12.4 Å². The number of anilines is 2. The molecular weight excluding hydrogens is 216 g/mol. The van der Waals surface area contributed by atoms with Crippen LogP contribution in [0.4, 0.5) is 11.6 Å². The molecule has 1 heterocycles. The van der Waals surface area contributed by atoms with Crippen molar-refractivity contribution in [3.63, 3.8) is 0 Å². The summed E-state index contributed by atoms with van der Waals surface area (Å²) >= 11 is 0. The lowest BCUT2D eigenvalue weighted by atomic mass is 10.4. The number of hydrogen-bond donors (Lipinski definition) is 1. The summed E-state index contributed by atoms with van der Waals surface area (Å²) in [6, 6.07) is 1.79. The Morgan fingerprint density at radius 1 is 1.41 bits per heavy atom. The zero-order valence-electron chi connectivity index (χ0n) is 11.1. The van der Waals surface area contributed by atoms with Gasteiger partial charge in [-0.1, -0.05) is 6.92 Å². The predicted octanol–water partition coefficient (Wildman–Crippen LogP) is 1.48. The molecule has 1 aromatic rings. The van der Waals surface area contributed by atoms with Gasteiger partial charge in [0, 0.05) is 26.1 Å². The van der Waals surface area contributed by atoms with E-state index in [0.717, 1.165) is 24.6 Å². The van der Waals surface area contributed by atoms with Crippen molar-refractivity contribution in [1.29, 1.82) is 0 Å². The first-order valence-corrected chi connectivity index (χ1v) is 5.99. The van der Waals surface area contributed by atoms with Crippen molar-refractivity contribution in [1.82, 2.24) is 9.97 Å². The van der Waals surface area contributed by atoms with Gasteiger partial charge in [-0.05, 0) is 13.8 Å². The van der Waals surface area contributed by atoms with Gasteiger partial charge in [0.25, 0.3) is 0 Å². The number of ether oxygens (including phenoxy) is 1. The van der Waals surface area contributed by atoms with Crippen LogP contribution in [0.3, 0.4) is 0 Å². The predicted molar refractivity (Wildman–Crippen MR) is 70.2 cm³/mol. The molecule has 0 radical (unpaired) electrons. The fraction of sp³-hybridized carbons (Fsp3) is 0.667. The van der Waals surface area contributed by atoms with E-state index in [1.165, 1.54) is 0 Å². The molecule has 5 heteroatoms. The molecule has 0 fully saturated rings. The number of aryl methyl sites for hydroxylation is 1. The maximum atomic E-state index is 5.74. The molecule has 0 unspecified atom stereocenters. The number of nitrogens with two attached hydrogens (primary N) is 1. The van der Waals surface area contributed by atoms with Crippen molar-refractivity contribution in [2.24, 2.45) is 0 Å². The second-order valence-corrected chi connectivity index (χ2v) is 4.26. The highest BCUT2D eigenvalue weighted by molar-refractivity contribution is 5.46. The topological polar surface area (TPSA) is 64.3 Å². The van der Waals surface area contributed by atoms with E-state index in [-0.39, 0.29) is 6.10 Å². The molecular formula is C12H22N4O. The van der Waals surface area contributed by atoms with Crippen LogP contribution in [-0.2, 0) is 11.2 Å². The van der Waals surface area contributed by atoms with E-state index >= 15 is 0 Å². The average molecular weight is 238 g/mol. The second-order valence-electron chi connectivity index (χ2n) is 4.26. The summed E-state index contributed by atoms with van der Waals surface area (Å²) in [4.78, 5) is 10.6. The van der Waals surface area contributed by atoms with Gasteiger partial charge in [0.1, 0.15) is 17.5 Å². The van der Waals surface area contributed by atoms with E-state index in [1.54, 1.807) is 6.07 Å². The average Bonchev–Trinajstić information content (AvgIpc) is 2.27. The molecule has 17 heavy (non-hydrogen) atoms. The minimum Gasteiger partial charge on any atom is -0.384 e. The standard InChI is InChI=1S/C12H22N4O/c1-5-11-14-10(13)8-12(15-11)16(4)6-7-17-9(2)3/h8-9H,5-7H2,1-4H3,(H2,13,14,15). The van der Waals surface area contributed by atoms with Gasteiger partial charge in [0.15, 0.2) is 0 Å². The van der Waals surface area contributed by atoms with Gasteiger partial charge in [0.05, 0.1) is 12.7 Å². The fourth-order valence-electron chi connectivity index (χ4n) is 1.40. The van der Waals surface area contributed by atoms with Gasteiger partial charge in [-0.15, -0.1) is 0 Å². The Hall–Kier alpha value is -1.36. The lowest BCUT2D eigenvalue weighted by Gasteiger charge is -2.19. The van der Waals surface area contributed by atoms with Gasteiger partial charge in [0.2, 0.25) is 0 Å². The first-order chi connectivity index (χ1) is 8.02. The Kier molecular flexibility index (Phi) is 5.15. The number of nitrogens with zero attached hydrogens (tertiary/aromatic N) is 3. The Bertz CT molecular complexity index is 354. The summed E-state index contributed by atoms with van der Waals surface area (Å²) in [6.45, 7) is 7.54. The molecule has 0 spiro atoms. The van der Waals surface area contributed by atoms with Gasteiger partial charge in [-0.25, -0.2) is 9.97 Å². The van der Waals surface area contributed by atoms with E-state index < -0.39 is 0 Å². The number of nitrogen functional groups attached to an aromatic ring is 1. The fourth-order valence-corrected chi connectivity index (χ4v) is 1.40. The molecule has 0 aliphatic carbocycles. The maximum Gasteiger partial charge on any atom is 0.134 e. The van der Waals surface area contributed by atoms with Crippen molar-refractivity contribution in [3.8, 4) is 0 Å². The quantitative estimate of drug-likeness (QED) is 0.813. The second kappa shape index (κ2) is 6.39. The summed E-state index contributed by atoms with van der Waals surface area (Å²) in [5.41, 5.74) is 5.74. The van der Waals surface area contributed by atoms with Crippen LogP contribution in [0, 0.1) is 0 Å². The van der Waals surface area contributed by atoms with Crippen LogP contribution in [0.1, 0.15) is 26.6 Å². The van der Waals surface area contributed by atoms with Crippen molar-refractivity contribution in [3.05, 3.63) is 11.9 Å². The molecule has 1 aromatic heterocycles. The zero-order chi connectivity index (χ0) is 12.8. The van der Waals surface area contributed by atoms with Crippen LogP contribution in [0.2, 0.25) is 0 Å². The third-order valence-electron chi connectivity index (χ3n) is 2.36. The molecule has 0 aromatic carbocycles. The molecule has 0 bridgehead atoms. The molecule has 5 nitrogen and oxygen atoms in total. The molecule has 96 valence electrons. The van der Waals surface area contributed by atoms with Gasteiger partial charge < -0.3 is 15.4 Å². The number of rotatable bonds is 6. The van der Waals surface area contributed by atoms with E-state index in [1.807, 2.05) is 32.7 Å². The van der Waals surface area contributed by atoms with Crippen LogP contribution < -0.4 is 10.6 Å². The first kappa shape index (κ1) is 13.7. The molecule has 0 aliphatic heterocycles. The summed E-state index contributed by atoms with van der Waals surface area (Å²) in [5, 5.41) is 0. The third-order valence-corrected chi connectivity index (χ3v) is 2.36. The molecule has 2 N–H and O–H groups in total. The molecule has 0 amide bonds. The number of hydrogen-bond acceptors (Lipinski definition) is 5. The largest absolute Gasteiger partial charge is 0.384 e. The SMILES string of the molecule is CCc1nc(N)cc(N(C)CCOC(C)C)n1. The normalized spacial score (nSPS) is 10.9. The van der Waals surface area contributed by atoms with Gasteiger partial charge in [-0.3, -0.25) is 0 Å². The summed E-state index contributed by atoms with van der Waals surface area (Å²) < 4.78 is 5.50. The molecule has 0 saturated heterocycles. The Morgan fingerprint density at radius 3 is 2.71 bits per heavy atom. The van der Waals surface area contributed by atoms with Gasteiger partial charge in [-0.2, -0.15) is 0 Å². The minimum absolute atomic E-state index is 0.255. The summed E-state index contributed by atoms with van der Waals surface area (Å²) in [5.74, 6) is 2.14. The highest BCUT2D eigenvalue weighted by Crippen LogP contribution is 2.12. The monoisotopic (exact) mass is 238 g/mol. The lowest BCUT2D eigenvalue weighted by molar-refractivity contribution is 0.0845. The molecule has 0 saturated carbocycles. The number of likely N-dealkylation sites (N-methyl/N-ethyl adjacent to an activating group) is 1. The van der Waals surface area contributed by atoms with E-state index in [2.05, 4.69) is 9.97 Å². The Morgan fingerprint density at radius 2 is 2.12 bits per heavy atom. The smallest absolute Gasteiger partial charge is 0.134 e. The van der Waals surface area contributed by atoms with E-state index in [9.17, 15) is 0 Å². The highest BCUT2D eigenvalue weighted by Gasteiger charge is 2.06. The Labute approximate surface area is 103 Å². The van der Waals surface area contributed by atoms with E-state index in [4.69, 9.17) is 10.5 Å². The molecule has 1 rings (SSSR count). The van der Waals surface area contributed by atoms with Crippen LogP contribution in [0.5, 0.6) is 0 Å². The van der Waals surface area contributed by atoms with Crippen LogP contribution in [0.25, 0.3) is 0 Å². The van der Waals surface area contributed by atoms with Crippen LogP contribution >= 0.6 is 0 Å². The molecule has 0 aliphatic rings. The van der Waals surface area contributed by atoms with Gasteiger partial charge >= 0.3 is 0 Å². The summed E-state index contributed by atoms with van der Waals surface area (Å²) in [7, 11) is 1.98. The molecule has 0 atom stereocenters. The third kappa shape index (κ3) is 4.56. The highest BCUT2D eigenvalue weighted by atomic mass is 16.5. The van der Waals surface area contributed by atoms with Crippen molar-refractivity contribution < 1.29 is 4.74 Å². The summed E-state index contributed by atoms with van der Waals surface area (Å²) in [6.07, 6.45) is 1.04. The first-order valence-electron chi connectivity index (χ1n) is 5.99. The lowest BCUT2D eigenvalue weighted by Crippen LogP contribution is -2.25. The Balaban J connectivity index is 2.61. The van der Waals surface area contributed by atoms with Crippen LogP contribution in [-0.4, -0.2) is 36.3 Å². The van der Waals surface area contributed by atoms with Crippen molar-refractivity contribution >= 4 is 11.6 Å². The van der Waals surface area contributed by atoms with Crippen molar-refractivity contribution in [2.75, 3.05) is 30.8 Å². The number of aromatic nitrogens is 2. The van der Waals surface area contributed by atoms with Crippen molar-refractivity contribution in [2.45, 2.75) is 33.3 Å². The van der Waals surface area contributed by atoms with Crippen LogP contribution in [0.15, 0.2) is 6.07 Å². The minimum atomic E-state index is 0.255. The maximum absolute atomic E-state index is 5.74.